The molecule has 1 N–H and O–H groups in total. The molecule has 1 aliphatic rings. The van der Waals surface area contributed by atoms with Crippen molar-refractivity contribution in [2.75, 3.05) is 29.9 Å². The maximum Gasteiger partial charge on any atom is 0.208 e. The summed E-state index contributed by atoms with van der Waals surface area (Å²) in [5, 5.41) is 14.3. The van der Waals surface area contributed by atoms with Gasteiger partial charge in [-0.25, -0.2) is 4.98 Å². The van der Waals surface area contributed by atoms with E-state index in [0.29, 0.717) is 11.8 Å². The molecule has 3 rings (SSSR count). The molecule has 118 valence electrons. The third-order valence-electron chi connectivity index (χ3n) is 3.94. The van der Waals surface area contributed by atoms with Gasteiger partial charge in [-0.1, -0.05) is 31.3 Å². The van der Waals surface area contributed by atoms with Crippen LogP contribution in [0.15, 0.2) is 18.2 Å². The SMILES string of the molecule is Cc1cccc(NCC2CCN(c3nnc(C(C)C)s3)C2)n1. The van der Waals surface area contributed by atoms with E-state index >= 15 is 0 Å². The molecule has 0 bridgehead atoms. The first-order valence-corrected chi connectivity index (χ1v) is 8.69. The third-order valence-corrected chi connectivity index (χ3v) is 5.23. The van der Waals surface area contributed by atoms with Crippen LogP contribution in [-0.2, 0) is 0 Å². The van der Waals surface area contributed by atoms with Gasteiger partial charge in [0, 0.05) is 31.2 Å². The van der Waals surface area contributed by atoms with E-state index in [1.54, 1.807) is 11.3 Å². The van der Waals surface area contributed by atoms with Crippen LogP contribution in [0.2, 0.25) is 0 Å². The molecule has 2 aromatic heterocycles. The lowest BCUT2D eigenvalue weighted by Gasteiger charge is -2.15. The molecule has 5 nitrogen and oxygen atoms in total. The number of nitrogens with zero attached hydrogens (tertiary/aromatic N) is 4. The van der Waals surface area contributed by atoms with Crippen molar-refractivity contribution in [1.82, 2.24) is 15.2 Å². The van der Waals surface area contributed by atoms with Crippen LogP contribution < -0.4 is 10.2 Å². The second-order valence-corrected chi connectivity index (χ2v) is 7.21. The Morgan fingerprint density at radius 3 is 2.95 bits per heavy atom. The minimum atomic E-state index is 0.457. The number of rotatable bonds is 5. The summed E-state index contributed by atoms with van der Waals surface area (Å²) in [6.07, 6.45) is 1.19. The highest BCUT2D eigenvalue weighted by Crippen LogP contribution is 2.29. The smallest absolute Gasteiger partial charge is 0.208 e. The Morgan fingerprint density at radius 1 is 1.36 bits per heavy atom. The van der Waals surface area contributed by atoms with Crippen LogP contribution in [0.5, 0.6) is 0 Å². The standard InChI is InChI=1S/C16H23N5S/c1-11(2)15-19-20-16(22-15)21-8-7-13(10-21)9-17-14-6-4-5-12(3)18-14/h4-6,11,13H,7-10H2,1-3H3,(H,17,18). The first-order valence-electron chi connectivity index (χ1n) is 7.87. The quantitative estimate of drug-likeness (QED) is 0.917. The molecule has 0 aliphatic carbocycles. The van der Waals surface area contributed by atoms with Gasteiger partial charge in [0.1, 0.15) is 10.8 Å². The highest BCUT2D eigenvalue weighted by Gasteiger charge is 2.25. The van der Waals surface area contributed by atoms with Gasteiger partial charge in [-0.2, -0.15) is 0 Å². The third kappa shape index (κ3) is 3.55. The van der Waals surface area contributed by atoms with Crippen LogP contribution in [-0.4, -0.2) is 34.8 Å². The monoisotopic (exact) mass is 317 g/mol. The van der Waals surface area contributed by atoms with Crippen LogP contribution in [0.25, 0.3) is 0 Å². The average Bonchev–Trinajstić information content (AvgIpc) is 3.14. The lowest BCUT2D eigenvalue weighted by Crippen LogP contribution is -2.22. The molecule has 1 saturated heterocycles. The van der Waals surface area contributed by atoms with E-state index in [1.165, 1.54) is 6.42 Å². The highest BCUT2D eigenvalue weighted by molar-refractivity contribution is 7.15. The summed E-state index contributed by atoms with van der Waals surface area (Å²) in [4.78, 5) is 6.85. The van der Waals surface area contributed by atoms with Crippen molar-refractivity contribution in [1.29, 1.82) is 0 Å². The van der Waals surface area contributed by atoms with Gasteiger partial charge in [0.2, 0.25) is 5.13 Å². The van der Waals surface area contributed by atoms with Crippen molar-refractivity contribution in [3.63, 3.8) is 0 Å². The Balaban J connectivity index is 1.53. The van der Waals surface area contributed by atoms with E-state index in [9.17, 15) is 0 Å². The number of aromatic nitrogens is 3. The van der Waals surface area contributed by atoms with Crippen molar-refractivity contribution in [2.45, 2.75) is 33.1 Å². The molecule has 0 aromatic carbocycles. The second-order valence-electron chi connectivity index (χ2n) is 6.22. The lowest BCUT2D eigenvalue weighted by atomic mass is 10.1. The molecule has 1 aliphatic heterocycles. The largest absolute Gasteiger partial charge is 0.370 e. The zero-order valence-electron chi connectivity index (χ0n) is 13.4. The number of hydrogen-bond donors (Lipinski definition) is 1. The number of nitrogens with one attached hydrogen (secondary N) is 1. The normalized spacial score (nSPS) is 18.2. The number of aryl methyl sites for hydroxylation is 1. The van der Waals surface area contributed by atoms with Crippen molar-refractivity contribution in [3.8, 4) is 0 Å². The molecular formula is C16H23N5S. The zero-order chi connectivity index (χ0) is 15.5. The van der Waals surface area contributed by atoms with Gasteiger partial charge < -0.3 is 10.2 Å². The second kappa shape index (κ2) is 6.60. The van der Waals surface area contributed by atoms with E-state index in [-0.39, 0.29) is 0 Å². The molecule has 2 aromatic rings. The van der Waals surface area contributed by atoms with Gasteiger partial charge in [-0.05, 0) is 31.4 Å². The van der Waals surface area contributed by atoms with E-state index in [1.807, 2.05) is 25.1 Å². The summed E-state index contributed by atoms with van der Waals surface area (Å²) in [5.41, 5.74) is 1.05. The predicted octanol–water partition coefficient (Wildman–Crippen LogP) is 3.30. The lowest BCUT2D eigenvalue weighted by molar-refractivity contribution is 0.621. The van der Waals surface area contributed by atoms with E-state index < -0.39 is 0 Å². The molecule has 0 spiro atoms. The maximum atomic E-state index is 4.49. The summed E-state index contributed by atoms with van der Waals surface area (Å²) in [6, 6.07) is 6.09. The summed E-state index contributed by atoms with van der Waals surface area (Å²) >= 11 is 1.73. The number of anilines is 2. The van der Waals surface area contributed by atoms with Crippen LogP contribution in [0, 0.1) is 12.8 Å². The Hall–Kier alpha value is -1.69. The molecule has 1 atom stereocenters. The zero-order valence-corrected chi connectivity index (χ0v) is 14.2. The Labute approximate surface area is 135 Å². The van der Waals surface area contributed by atoms with Crippen LogP contribution >= 0.6 is 11.3 Å². The fraction of sp³-hybridized carbons (Fsp3) is 0.562. The summed E-state index contributed by atoms with van der Waals surface area (Å²) in [6.45, 7) is 9.42. The van der Waals surface area contributed by atoms with Gasteiger partial charge in [-0.15, -0.1) is 10.2 Å². The van der Waals surface area contributed by atoms with E-state index in [0.717, 1.165) is 41.3 Å². The minimum Gasteiger partial charge on any atom is -0.370 e. The average molecular weight is 317 g/mol. The molecule has 0 amide bonds. The Morgan fingerprint density at radius 2 is 2.23 bits per heavy atom. The van der Waals surface area contributed by atoms with Gasteiger partial charge >= 0.3 is 0 Å². The van der Waals surface area contributed by atoms with Crippen LogP contribution in [0.4, 0.5) is 10.9 Å². The molecule has 3 heterocycles. The minimum absolute atomic E-state index is 0.457. The first kappa shape index (κ1) is 15.2. The molecule has 6 heteroatoms. The van der Waals surface area contributed by atoms with Crippen LogP contribution in [0.1, 0.15) is 36.9 Å². The number of hydrogen-bond acceptors (Lipinski definition) is 6. The summed E-state index contributed by atoms with van der Waals surface area (Å²) in [5.74, 6) is 2.06. The van der Waals surface area contributed by atoms with Gasteiger partial charge in [0.15, 0.2) is 0 Å². The summed E-state index contributed by atoms with van der Waals surface area (Å²) in [7, 11) is 0. The molecule has 1 fully saturated rings. The Kier molecular flexibility index (Phi) is 4.57. The maximum absolute atomic E-state index is 4.49. The van der Waals surface area contributed by atoms with Gasteiger partial charge in [-0.3, -0.25) is 0 Å². The summed E-state index contributed by atoms with van der Waals surface area (Å²) < 4.78 is 0. The van der Waals surface area contributed by atoms with Gasteiger partial charge in [0.25, 0.3) is 0 Å². The fourth-order valence-electron chi connectivity index (χ4n) is 2.65. The van der Waals surface area contributed by atoms with Crippen LogP contribution in [0.3, 0.4) is 0 Å². The molecule has 0 radical (unpaired) electrons. The van der Waals surface area contributed by atoms with Crippen molar-refractivity contribution in [2.24, 2.45) is 5.92 Å². The van der Waals surface area contributed by atoms with Crippen molar-refractivity contribution in [3.05, 3.63) is 28.9 Å². The molecule has 0 saturated carbocycles. The number of pyridine rings is 1. The van der Waals surface area contributed by atoms with Crippen molar-refractivity contribution < 1.29 is 0 Å². The fourth-order valence-corrected chi connectivity index (χ4v) is 3.53. The van der Waals surface area contributed by atoms with Crippen molar-refractivity contribution >= 4 is 22.3 Å². The van der Waals surface area contributed by atoms with E-state index in [4.69, 9.17) is 0 Å². The molecular weight excluding hydrogens is 294 g/mol. The topological polar surface area (TPSA) is 53.9 Å². The molecule has 1 unspecified atom stereocenters. The highest BCUT2D eigenvalue weighted by atomic mass is 32.1. The Bertz CT molecular complexity index is 625. The van der Waals surface area contributed by atoms with E-state index in [2.05, 4.69) is 39.2 Å². The first-order chi connectivity index (χ1) is 10.6. The predicted molar refractivity (Wildman–Crippen MR) is 91.8 cm³/mol. The van der Waals surface area contributed by atoms with Gasteiger partial charge in [0.05, 0.1) is 0 Å². The molecule has 22 heavy (non-hydrogen) atoms.